The number of hydrogen-bond acceptors (Lipinski definition) is 6. The van der Waals surface area contributed by atoms with Crippen molar-refractivity contribution in [3.05, 3.63) is 72.3 Å². The van der Waals surface area contributed by atoms with Crippen molar-refractivity contribution in [1.82, 2.24) is 4.98 Å². The van der Waals surface area contributed by atoms with E-state index in [2.05, 4.69) is 11.4 Å². The highest BCUT2D eigenvalue weighted by atomic mass is 32.1. The number of benzene rings is 3. The smallest absolute Gasteiger partial charge is 0.181 e. The SMILES string of the molecule is COc1ccc(C(=O)CNc2ccccc2-c2nc3ccccc3s2)cc1OC. The zero-order chi connectivity index (χ0) is 20.2. The molecule has 1 aromatic heterocycles. The third kappa shape index (κ3) is 3.93. The number of carbonyl (C=O) groups is 1. The molecule has 0 aliphatic heterocycles. The largest absolute Gasteiger partial charge is 0.493 e. The van der Waals surface area contributed by atoms with Crippen LogP contribution in [0.4, 0.5) is 5.69 Å². The number of aromatic nitrogens is 1. The van der Waals surface area contributed by atoms with Gasteiger partial charge in [-0.15, -0.1) is 11.3 Å². The fraction of sp³-hybridized carbons (Fsp3) is 0.130. The van der Waals surface area contributed by atoms with E-state index >= 15 is 0 Å². The molecule has 0 saturated carbocycles. The van der Waals surface area contributed by atoms with Gasteiger partial charge in [0.25, 0.3) is 0 Å². The van der Waals surface area contributed by atoms with E-state index in [-0.39, 0.29) is 12.3 Å². The summed E-state index contributed by atoms with van der Waals surface area (Å²) in [6, 6.07) is 21.1. The highest BCUT2D eigenvalue weighted by Crippen LogP contribution is 2.34. The van der Waals surface area contributed by atoms with Gasteiger partial charge in [0.2, 0.25) is 0 Å². The Morgan fingerprint density at radius 2 is 1.72 bits per heavy atom. The average Bonchev–Trinajstić information content (AvgIpc) is 3.21. The summed E-state index contributed by atoms with van der Waals surface area (Å²) < 4.78 is 11.7. The first kappa shape index (κ1) is 19.0. The molecule has 0 atom stereocenters. The standard InChI is InChI=1S/C23H20N2O3S/c1-27-20-12-11-15(13-21(20)28-2)19(26)14-24-17-8-4-3-7-16(17)23-25-18-9-5-6-10-22(18)29-23/h3-13,24H,14H2,1-2H3. The van der Waals surface area contributed by atoms with E-state index in [0.717, 1.165) is 26.5 Å². The minimum atomic E-state index is -0.0370. The molecule has 4 aromatic rings. The third-order valence-corrected chi connectivity index (χ3v) is 5.67. The monoisotopic (exact) mass is 404 g/mol. The van der Waals surface area contributed by atoms with Gasteiger partial charge in [-0.05, 0) is 42.5 Å². The van der Waals surface area contributed by atoms with Crippen LogP contribution < -0.4 is 14.8 Å². The molecule has 5 nitrogen and oxygen atoms in total. The molecule has 0 radical (unpaired) electrons. The maximum atomic E-state index is 12.7. The van der Waals surface area contributed by atoms with Gasteiger partial charge in [0.15, 0.2) is 17.3 Å². The lowest BCUT2D eigenvalue weighted by Gasteiger charge is -2.11. The van der Waals surface area contributed by atoms with Crippen molar-refractivity contribution in [1.29, 1.82) is 0 Å². The van der Waals surface area contributed by atoms with Crippen LogP contribution in [0.25, 0.3) is 20.8 Å². The molecule has 1 N–H and O–H groups in total. The number of methoxy groups -OCH3 is 2. The quantitative estimate of drug-likeness (QED) is 0.425. The molecule has 0 saturated heterocycles. The van der Waals surface area contributed by atoms with Gasteiger partial charge in [-0.2, -0.15) is 0 Å². The normalized spacial score (nSPS) is 10.7. The number of ketones is 1. The summed E-state index contributed by atoms with van der Waals surface area (Å²) in [5.41, 5.74) is 3.39. The lowest BCUT2D eigenvalue weighted by Crippen LogP contribution is -2.14. The van der Waals surface area contributed by atoms with E-state index in [9.17, 15) is 4.79 Å². The van der Waals surface area contributed by atoms with Crippen LogP contribution in [0.15, 0.2) is 66.7 Å². The molecule has 1 heterocycles. The lowest BCUT2D eigenvalue weighted by atomic mass is 10.1. The number of nitrogens with one attached hydrogen (secondary N) is 1. The van der Waals surface area contributed by atoms with Crippen molar-refractivity contribution in [3.8, 4) is 22.1 Å². The van der Waals surface area contributed by atoms with E-state index < -0.39 is 0 Å². The van der Waals surface area contributed by atoms with E-state index in [1.807, 2.05) is 42.5 Å². The van der Waals surface area contributed by atoms with E-state index in [4.69, 9.17) is 14.5 Å². The molecule has 6 heteroatoms. The molecule has 0 unspecified atom stereocenters. The molecule has 0 fully saturated rings. The number of rotatable bonds is 7. The fourth-order valence-electron chi connectivity index (χ4n) is 3.10. The maximum Gasteiger partial charge on any atom is 0.181 e. The Hall–Kier alpha value is -3.38. The Labute approximate surface area is 172 Å². The van der Waals surface area contributed by atoms with Crippen LogP contribution in [0, 0.1) is 0 Å². The van der Waals surface area contributed by atoms with E-state index in [1.54, 1.807) is 43.8 Å². The van der Waals surface area contributed by atoms with Crippen LogP contribution in [0.1, 0.15) is 10.4 Å². The summed E-state index contributed by atoms with van der Waals surface area (Å²) in [5, 5.41) is 4.19. The predicted molar refractivity (Wildman–Crippen MR) is 117 cm³/mol. The number of para-hydroxylation sites is 2. The Balaban J connectivity index is 1.55. The van der Waals surface area contributed by atoms with Gasteiger partial charge >= 0.3 is 0 Å². The van der Waals surface area contributed by atoms with E-state index in [1.165, 1.54) is 0 Å². The number of carbonyl (C=O) groups excluding carboxylic acids is 1. The molecule has 0 aliphatic carbocycles. The van der Waals surface area contributed by atoms with Gasteiger partial charge in [0.05, 0.1) is 31.0 Å². The van der Waals surface area contributed by atoms with E-state index in [0.29, 0.717) is 17.1 Å². The minimum Gasteiger partial charge on any atom is -0.493 e. The Morgan fingerprint density at radius 3 is 2.52 bits per heavy atom. The summed E-state index contributed by atoms with van der Waals surface area (Å²) in [4.78, 5) is 17.4. The van der Waals surface area contributed by atoms with Crippen molar-refractivity contribution in [2.45, 2.75) is 0 Å². The van der Waals surface area contributed by atoms with Crippen LogP contribution in [-0.2, 0) is 0 Å². The molecule has 4 rings (SSSR count). The van der Waals surface area contributed by atoms with Crippen LogP contribution in [0.5, 0.6) is 11.5 Å². The molecular formula is C23H20N2O3S. The van der Waals surface area contributed by atoms with Crippen LogP contribution in [0.2, 0.25) is 0 Å². The van der Waals surface area contributed by atoms with Crippen molar-refractivity contribution >= 4 is 33.0 Å². The van der Waals surface area contributed by atoms with Gasteiger partial charge in [0.1, 0.15) is 5.01 Å². The van der Waals surface area contributed by atoms with Gasteiger partial charge in [-0.1, -0.05) is 24.3 Å². The second kappa shape index (κ2) is 8.32. The third-order valence-electron chi connectivity index (χ3n) is 4.60. The van der Waals surface area contributed by atoms with Gasteiger partial charge < -0.3 is 14.8 Å². The summed E-state index contributed by atoms with van der Waals surface area (Å²) in [7, 11) is 3.12. The second-order valence-electron chi connectivity index (χ2n) is 6.38. The Bertz CT molecular complexity index is 1140. The molecule has 0 bridgehead atoms. The molecule has 146 valence electrons. The van der Waals surface area contributed by atoms with Gasteiger partial charge in [-0.25, -0.2) is 4.98 Å². The maximum absolute atomic E-state index is 12.7. The number of ether oxygens (including phenoxy) is 2. The van der Waals surface area contributed by atoms with Gasteiger partial charge in [0, 0.05) is 16.8 Å². The number of thiazole rings is 1. The molecular weight excluding hydrogens is 384 g/mol. The first-order chi connectivity index (χ1) is 14.2. The van der Waals surface area contributed by atoms with Crippen molar-refractivity contribution < 1.29 is 14.3 Å². The van der Waals surface area contributed by atoms with Crippen molar-refractivity contribution in [2.75, 3.05) is 26.1 Å². The second-order valence-corrected chi connectivity index (χ2v) is 7.41. The number of hydrogen-bond donors (Lipinski definition) is 1. The highest BCUT2D eigenvalue weighted by molar-refractivity contribution is 7.21. The van der Waals surface area contributed by atoms with Crippen LogP contribution in [0.3, 0.4) is 0 Å². The summed E-state index contributed by atoms with van der Waals surface area (Å²) in [5.74, 6) is 1.09. The minimum absolute atomic E-state index is 0.0370. The number of fused-ring (bicyclic) bond motifs is 1. The average molecular weight is 404 g/mol. The van der Waals surface area contributed by atoms with Crippen LogP contribution >= 0.6 is 11.3 Å². The summed E-state index contributed by atoms with van der Waals surface area (Å²) >= 11 is 1.64. The number of nitrogens with zero attached hydrogens (tertiary/aromatic N) is 1. The molecule has 0 amide bonds. The van der Waals surface area contributed by atoms with Crippen LogP contribution in [-0.4, -0.2) is 31.5 Å². The van der Waals surface area contributed by atoms with Gasteiger partial charge in [-0.3, -0.25) is 4.79 Å². The lowest BCUT2D eigenvalue weighted by molar-refractivity contribution is 0.101. The molecule has 0 aliphatic rings. The summed E-state index contributed by atoms with van der Waals surface area (Å²) in [6.07, 6.45) is 0. The van der Waals surface area contributed by atoms with Crippen molar-refractivity contribution in [2.24, 2.45) is 0 Å². The topological polar surface area (TPSA) is 60.5 Å². The zero-order valence-corrected chi connectivity index (χ0v) is 17.0. The summed E-state index contributed by atoms with van der Waals surface area (Å²) in [6.45, 7) is 0.164. The predicted octanol–water partition coefficient (Wildman–Crippen LogP) is 5.28. The fourth-order valence-corrected chi connectivity index (χ4v) is 4.10. The molecule has 0 spiro atoms. The first-order valence-corrected chi connectivity index (χ1v) is 9.95. The Kier molecular flexibility index (Phi) is 5.44. The first-order valence-electron chi connectivity index (χ1n) is 9.13. The number of Topliss-reactive ketones (excluding diaryl/α,β-unsaturated/α-hetero) is 1. The Morgan fingerprint density at radius 1 is 0.966 bits per heavy atom. The highest BCUT2D eigenvalue weighted by Gasteiger charge is 2.13. The molecule has 3 aromatic carbocycles. The molecule has 29 heavy (non-hydrogen) atoms. The van der Waals surface area contributed by atoms with Crippen molar-refractivity contribution in [3.63, 3.8) is 0 Å². The number of anilines is 1. The zero-order valence-electron chi connectivity index (χ0n) is 16.1.